The summed E-state index contributed by atoms with van der Waals surface area (Å²) in [6.07, 6.45) is 5.01. The van der Waals surface area contributed by atoms with E-state index in [0.29, 0.717) is 28.4 Å². The molecule has 1 saturated carbocycles. The van der Waals surface area contributed by atoms with Gasteiger partial charge in [0.1, 0.15) is 5.82 Å². The minimum absolute atomic E-state index is 0.211. The lowest BCUT2D eigenvalue weighted by Crippen LogP contribution is -2.18. The molecule has 1 aromatic carbocycles. The van der Waals surface area contributed by atoms with Gasteiger partial charge in [0.15, 0.2) is 0 Å². The standard InChI is InChI=1S/C18H20ClN3O2/c1-24-16-7-6-15(10-16)21-17-8-5-12(11-20-17)18(23)22-14-4-2-3-13(19)9-14/h2-5,8-9,11,15-16H,6-7,10H2,1H3,(H,20,21)(H,22,23). The molecule has 24 heavy (non-hydrogen) atoms. The summed E-state index contributed by atoms with van der Waals surface area (Å²) >= 11 is 5.92. The van der Waals surface area contributed by atoms with Gasteiger partial charge in [0, 0.05) is 30.1 Å². The zero-order chi connectivity index (χ0) is 16.9. The lowest BCUT2D eigenvalue weighted by Gasteiger charge is -2.13. The van der Waals surface area contributed by atoms with E-state index < -0.39 is 0 Å². The number of ether oxygens (including phenoxy) is 1. The van der Waals surface area contributed by atoms with Gasteiger partial charge in [-0.05, 0) is 49.6 Å². The molecule has 1 aromatic heterocycles. The molecular weight excluding hydrogens is 326 g/mol. The summed E-state index contributed by atoms with van der Waals surface area (Å²) in [6, 6.07) is 11.0. The molecule has 1 amide bonds. The normalized spacial score (nSPS) is 19.9. The van der Waals surface area contributed by atoms with Gasteiger partial charge >= 0.3 is 0 Å². The Morgan fingerprint density at radius 3 is 2.83 bits per heavy atom. The highest BCUT2D eigenvalue weighted by Gasteiger charge is 2.24. The molecule has 0 bridgehead atoms. The second-order valence-electron chi connectivity index (χ2n) is 5.91. The summed E-state index contributed by atoms with van der Waals surface area (Å²) in [7, 11) is 1.75. The van der Waals surface area contributed by atoms with Crippen LogP contribution in [-0.2, 0) is 4.74 Å². The fourth-order valence-electron chi connectivity index (χ4n) is 2.88. The van der Waals surface area contributed by atoms with Crippen LogP contribution in [0.5, 0.6) is 0 Å². The zero-order valence-corrected chi connectivity index (χ0v) is 14.2. The van der Waals surface area contributed by atoms with Crippen molar-refractivity contribution >= 4 is 29.0 Å². The second kappa shape index (κ2) is 7.64. The van der Waals surface area contributed by atoms with Gasteiger partial charge in [0.2, 0.25) is 0 Å². The Balaban J connectivity index is 1.58. The maximum Gasteiger partial charge on any atom is 0.257 e. The molecule has 6 heteroatoms. The van der Waals surface area contributed by atoms with Crippen LogP contribution in [0.25, 0.3) is 0 Å². The number of carbonyl (C=O) groups excluding carboxylic acids is 1. The summed E-state index contributed by atoms with van der Waals surface area (Å²) in [4.78, 5) is 16.6. The van der Waals surface area contributed by atoms with Crippen LogP contribution in [-0.4, -0.2) is 30.1 Å². The first-order valence-corrected chi connectivity index (χ1v) is 8.34. The second-order valence-corrected chi connectivity index (χ2v) is 6.35. The van der Waals surface area contributed by atoms with E-state index in [-0.39, 0.29) is 5.91 Å². The maximum absolute atomic E-state index is 12.2. The highest BCUT2D eigenvalue weighted by Crippen LogP contribution is 2.24. The highest BCUT2D eigenvalue weighted by molar-refractivity contribution is 6.30. The molecule has 5 nitrogen and oxygen atoms in total. The predicted octanol–water partition coefficient (Wildman–Crippen LogP) is 3.97. The molecule has 2 unspecified atom stereocenters. The van der Waals surface area contributed by atoms with Gasteiger partial charge in [-0.3, -0.25) is 4.79 Å². The molecule has 0 spiro atoms. The van der Waals surface area contributed by atoms with Gasteiger partial charge in [-0.2, -0.15) is 0 Å². The number of benzene rings is 1. The molecule has 2 atom stereocenters. The van der Waals surface area contributed by atoms with Gasteiger partial charge < -0.3 is 15.4 Å². The number of methoxy groups -OCH3 is 1. The summed E-state index contributed by atoms with van der Waals surface area (Å²) in [5.41, 5.74) is 1.16. The van der Waals surface area contributed by atoms with E-state index >= 15 is 0 Å². The Hall–Kier alpha value is -2.11. The number of carbonyl (C=O) groups is 1. The maximum atomic E-state index is 12.2. The molecule has 1 fully saturated rings. The number of halogens is 1. The number of rotatable bonds is 5. The first-order chi connectivity index (χ1) is 11.6. The molecule has 126 valence electrons. The summed E-state index contributed by atoms with van der Waals surface area (Å²) in [5.74, 6) is 0.563. The Bertz CT molecular complexity index is 706. The van der Waals surface area contributed by atoms with E-state index in [2.05, 4.69) is 15.6 Å². The van der Waals surface area contributed by atoms with Crippen LogP contribution >= 0.6 is 11.6 Å². The van der Waals surface area contributed by atoms with E-state index in [4.69, 9.17) is 16.3 Å². The molecule has 0 radical (unpaired) electrons. The number of pyridine rings is 1. The summed E-state index contributed by atoms with van der Waals surface area (Å²) in [5, 5.41) is 6.77. The summed E-state index contributed by atoms with van der Waals surface area (Å²) in [6.45, 7) is 0. The van der Waals surface area contributed by atoms with Crippen molar-refractivity contribution < 1.29 is 9.53 Å². The molecule has 0 saturated heterocycles. The molecule has 1 aliphatic rings. The third-order valence-corrected chi connectivity index (χ3v) is 4.41. The molecule has 1 heterocycles. The van der Waals surface area contributed by atoms with Gasteiger partial charge in [0.05, 0.1) is 11.7 Å². The highest BCUT2D eigenvalue weighted by atomic mass is 35.5. The van der Waals surface area contributed by atoms with E-state index in [9.17, 15) is 4.79 Å². The third kappa shape index (κ3) is 4.24. The van der Waals surface area contributed by atoms with Crippen LogP contribution in [0, 0.1) is 0 Å². The van der Waals surface area contributed by atoms with E-state index in [1.54, 1.807) is 43.6 Å². The van der Waals surface area contributed by atoms with E-state index in [0.717, 1.165) is 25.1 Å². The van der Waals surface area contributed by atoms with Crippen LogP contribution in [0.1, 0.15) is 29.6 Å². The topological polar surface area (TPSA) is 63.2 Å². The zero-order valence-electron chi connectivity index (χ0n) is 13.5. The predicted molar refractivity (Wildman–Crippen MR) is 95.7 cm³/mol. The number of anilines is 2. The van der Waals surface area contributed by atoms with Crippen molar-refractivity contribution in [2.75, 3.05) is 17.7 Å². The van der Waals surface area contributed by atoms with Crippen molar-refractivity contribution in [3.05, 3.63) is 53.2 Å². The van der Waals surface area contributed by atoms with Crippen molar-refractivity contribution in [3.8, 4) is 0 Å². The number of hydrogen-bond acceptors (Lipinski definition) is 4. The van der Waals surface area contributed by atoms with E-state index in [1.807, 2.05) is 6.07 Å². The van der Waals surface area contributed by atoms with Crippen LogP contribution in [0.2, 0.25) is 5.02 Å². The van der Waals surface area contributed by atoms with Gasteiger partial charge in [-0.25, -0.2) is 4.98 Å². The van der Waals surface area contributed by atoms with Crippen molar-refractivity contribution in [2.24, 2.45) is 0 Å². The van der Waals surface area contributed by atoms with Gasteiger partial charge in [-0.15, -0.1) is 0 Å². The number of nitrogens with zero attached hydrogens (tertiary/aromatic N) is 1. The lowest BCUT2D eigenvalue weighted by molar-refractivity contribution is 0.102. The number of nitrogens with one attached hydrogen (secondary N) is 2. The van der Waals surface area contributed by atoms with Crippen molar-refractivity contribution in [2.45, 2.75) is 31.4 Å². The van der Waals surface area contributed by atoms with Gasteiger partial charge in [0.25, 0.3) is 5.91 Å². The monoisotopic (exact) mass is 345 g/mol. The average Bonchev–Trinajstić information content (AvgIpc) is 3.03. The molecule has 3 rings (SSSR count). The lowest BCUT2D eigenvalue weighted by atomic mass is 10.2. The van der Waals surface area contributed by atoms with Crippen molar-refractivity contribution in [1.82, 2.24) is 4.98 Å². The van der Waals surface area contributed by atoms with Crippen LogP contribution < -0.4 is 10.6 Å². The molecule has 0 aliphatic heterocycles. The Kier molecular flexibility index (Phi) is 5.33. The van der Waals surface area contributed by atoms with Crippen LogP contribution in [0.4, 0.5) is 11.5 Å². The molecule has 2 N–H and O–H groups in total. The van der Waals surface area contributed by atoms with E-state index in [1.165, 1.54) is 0 Å². The largest absolute Gasteiger partial charge is 0.381 e. The minimum atomic E-state index is -0.211. The first-order valence-electron chi connectivity index (χ1n) is 7.96. The fraction of sp³-hybridized carbons (Fsp3) is 0.333. The minimum Gasteiger partial charge on any atom is -0.381 e. The first kappa shape index (κ1) is 16.7. The SMILES string of the molecule is COC1CCC(Nc2ccc(C(=O)Nc3cccc(Cl)c3)cn2)C1. The quantitative estimate of drug-likeness (QED) is 0.860. The van der Waals surface area contributed by atoms with Crippen LogP contribution in [0.3, 0.4) is 0 Å². The fourth-order valence-corrected chi connectivity index (χ4v) is 3.07. The Morgan fingerprint density at radius 2 is 2.17 bits per heavy atom. The molecular formula is C18H20ClN3O2. The number of aromatic nitrogens is 1. The molecule has 2 aromatic rings. The number of amides is 1. The Labute approximate surface area is 146 Å². The third-order valence-electron chi connectivity index (χ3n) is 4.18. The van der Waals surface area contributed by atoms with Crippen LogP contribution in [0.15, 0.2) is 42.6 Å². The smallest absolute Gasteiger partial charge is 0.257 e. The Morgan fingerprint density at radius 1 is 1.29 bits per heavy atom. The van der Waals surface area contributed by atoms with Gasteiger partial charge in [-0.1, -0.05) is 17.7 Å². The average molecular weight is 346 g/mol. The summed E-state index contributed by atoms with van der Waals surface area (Å²) < 4.78 is 5.37. The number of hydrogen-bond donors (Lipinski definition) is 2. The molecule has 1 aliphatic carbocycles. The van der Waals surface area contributed by atoms with Crippen molar-refractivity contribution in [1.29, 1.82) is 0 Å². The van der Waals surface area contributed by atoms with Crippen molar-refractivity contribution in [3.63, 3.8) is 0 Å².